The minimum Gasteiger partial charge on any atom is -0.309 e. The number of hydrogen-bond donors (Lipinski definition) is 0. The van der Waals surface area contributed by atoms with E-state index in [1.54, 1.807) is 0 Å². The second kappa shape index (κ2) is 12.7. The summed E-state index contributed by atoms with van der Waals surface area (Å²) in [5, 5.41) is 7.46. The van der Waals surface area contributed by atoms with Gasteiger partial charge in [0.05, 0.1) is 22.1 Å². The lowest BCUT2D eigenvalue weighted by Gasteiger charge is -2.13. The van der Waals surface area contributed by atoms with Crippen molar-refractivity contribution in [3.05, 3.63) is 174 Å². The van der Waals surface area contributed by atoms with Crippen LogP contribution in [0.4, 0.5) is 0 Å². The zero-order valence-corrected chi connectivity index (χ0v) is 31.6. The largest absolute Gasteiger partial charge is 0.309 e. The molecule has 0 unspecified atom stereocenters. The number of fused-ring (bicyclic) bond motifs is 10. The monoisotopic (exact) mass is 747 g/mol. The van der Waals surface area contributed by atoms with Crippen molar-refractivity contribution in [2.24, 2.45) is 0 Å². The predicted octanol–water partition coefficient (Wildman–Crippen LogP) is 11.6. The SMILES string of the molecule is C1=c2sc3c(-c4nc(-c5ccccc5)nc(-c5ccccc5)n4)cc(-n4c5ccccc5c5c4ccc4c6ccccc6n(-c6ccccc6)c45)cc3c2=CCC1. The minimum atomic E-state index is 0.658. The maximum absolute atomic E-state index is 5.26. The first-order valence-corrected chi connectivity index (χ1v) is 20.3. The van der Waals surface area contributed by atoms with E-state index in [-0.39, 0.29) is 0 Å². The maximum Gasteiger partial charge on any atom is 0.165 e. The maximum atomic E-state index is 5.26. The molecule has 7 aromatic carbocycles. The molecule has 4 aromatic heterocycles. The van der Waals surface area contributed by atoms with E-state index in [0.717, 1.165) is 51.9 Å². The third-order valence-electron chi connectivity index (χ3n) is 11.4. The van der Waals surface area contributed by atoms with E-state index in [4.69, 9.17) is 15.0 Å². The van der Waals surface area contributed by atoms with Gasteiger partial charge in [-0.25, -0.2) is 15.0 Å². The van der Waals surface area contributed by atoms with Crippen LogP contribution in [-0.2, 0) is 0 Å². The molecule has 0 saturated heterocycles. The van der Waals surface area contributed by atoms with Gasteiger partial charge in [-0.3, -0.25) is 0 Å². The second-order valence-electron chi connectivity index (χ2n) is 14.7. The Kier molecular flexibility index (Phi) is 7.16. The van der Waals surface area contributed by atoms with Crippen LogP contribution in [0.5, 0.6) is 0 Å². The molecule has 0 bridgehead atoms. The molecular weight excluding hydrogens is 715 g/mol. The van der Waals surface area contributed by atoms with Crippen LogP contribution in [0, 0.1) is 0 Å². The van der Waals surface area contributed by atoms with Crippen LogP contribution in [0.1, 0.15) is 12.8 Å². The van der Waals surface area contributed by atoms with E-state index in [0.29, 0.717) is 17.5 Å². The highest BCUT2D eigenvalue weighted by atomic mass is 32.1. The quantitative estimate of drug-likeness (QED) is 0.176. The molecule has 11 aromatic rings. The number of nitrogens with zero attached hydrogens (tertiary/aromatic N) is 5. The van der Waals surface area contributed by atoms with Gasteiger partial charge in [-0.05, 0) is 60.5 Å². The van der Waals surface area contributed by atoms with Crippen LogP contribution in [0.2, 0.25) is 0 Å². The fourth-order valence-corrected chi connectivity index (χ4v) is 10.1. The topological polar surface area (TPSA) is 48.5 Å². The third-order valence-corrected chi connectivity index (χ3v) is 12.6. The fourth-order valence-electron chi connectivity index (χ4n) is 8.88. The van der Waals surface area contributed by atoms with E-state index >= 15 is 0 Å². The summed E-state index contributed by atoms with van der Waals surface area (Å²) in [7, 11) is 0. The highest BCUT2D eigenvalue weighted by Gasteiger charge is 2.23. The molecule has 0 aliphatic heterocycles. The predicted molar refractivity (Wildman–Crippen MR) is 238 cm³/mol. The molecule has 4 heterocycles. The molecule has 0 fully saturated rings. The number of aromatic nitrogens is 5. The number of hydrogen-bond acceptors (Lipinski definition) is 4. The molecule has 0 amide bonds. The summed E-state index contributed by atoms with van der Waals surface area (Å²) < 4.78 is 7.40. The smallest absolute Gasteiger partial charge is 0.165 e. The lowest BCUT2D eigenvalue weighted by Crippen LogP contribution is -2.20. The Morgan fingerprint density at radius 2 is 1.04 bits per heavy atom. The van der Waals surface area contributed by atoms with Crippen LogP contribution in [0.3, 0.4) is 0 Å². The van der Waals surface area contributed by atoms with Gasteiger partial charge in [0.2, 0.25) is 0 Å². The molecule has 5 nitrogen and oxygen atoms in total. The van der Waals surface area contributed by atoms with E-state index in [1.807, 2.05) is 47.7 Å². The molecular formula is C51H33N5S. The van der Waals surface area contributed by atoms with Crippen molar-refractivity contribution >= 4 is 77.2 Å². The zero-order valence-electron chi connectivity index (χ0n) is 30.8. The van der Waals surface area contributed by atoms with Gasteiger partial charge in [-0.15, -0.1) is 11.3 Å². The molecule has 1 aliphatic rings. The van der Waals surface area contributed by atoms with E-state index in [1.165, 1.54) is 52.4 Å². The number of para-hydroxylation sites is 3. The number of benzene rings is 7. The summed E-state index contributed by atoms with van der Waals surface area (Å²) in [5.74, 6) is 1.98. The van der Waals surface area contributed by atoms with E-state index in [2.05, 4.69) is 149 Å². The first kappa shape index (κ1) is 32.1. The number of rotatable bonds is 5. The molecule has 1 aliphatic carbocycles. The molecule has 268 valence electrons. The fraction of sp³-hybridized carbons (Fsp3) is 0.0392. The minimum absolute atomic E-state index is 0.658. The van der Waals surface area contributed by atoms with Gasteiger partial charge in [0.1, 0.15) is 0 Å². The van der Waals surface area contributed by atoms with Crippen LogP contribution in [0.15, 0.2) is 164 Å². The Hall–Kier alpha value is -7.15. The lowest BCUT2D eigenvalue weighted by molar-refractivity contribution is 1.07. The van der Waals surface area contributed by atoms with Crippen molar-refractivity contribution in [3.63, 3.8) is 0 Å². The van der Waals surface area contributed by atoms with Crippen LogP contribution < -0.4 is 9.75 Å². The van der Waals surface area contributed by atoms with Crippen LogP contribution in [0.25, 0.3) is 111 Å². The van der Waals surface area contributed by atoms with E-state index in [9.17, 15) is 0 Å². The summed E-state index contributed by atoms with van der Waals surface area (Å²) in [6.07, 6.45) is 6.87. The van der Waals surface area contributed by atoms with Gasteiger partial charge in [-0.1, -0.05) is 133 Å². The van der Waals surface area contributed by atoms with Gasteiger partial charge in [0.15, 0.2) is 17.5 Å². The van der Waals surface area contributed by atoms with Crippen molar-refractivity contribution in [1.29, 1.82) is 0 Å². The molecule has 0 atom stereocenters. The van der Waals surface area contributed by atoms with Crippen molar-refractivity contribution in [1.82, 2.24) is 24.1 Å². The summed E-state index contributed by atoms with van der Waals surface area (Å²) in [6, 6.07) is 58.2. The van der Waals surface area contributed by atoms with Gasteiger partial charge in [-0.2, -0.15) is 0 Å². The van der Waals surface area contributed by atoms with Gasteiger partial charge in [0, 0.05) is 64.2 Å². The molecule has 12 rings (SSSR count). The summed E-state index contributed by atoms with van der Waals surface area (Å²) in [6.45, 7) is 0. The van der Waals surface area contributed by atoms with Crippen molar-refractivity contribution in [3.8, 4) is 45.5 Å². The van der Waals surface area contributed by atoms with Gasteiger partial charge in [0.25, 0.3) is 0 Å². The van der Waals surface area contributed by atoms with Crippen LogP contribution >= 0.6 is 11.3 Å². The first-order chi connectivity index (χ1) is 28.3. The standard InChI is InChI=1S/C51H33N5S/c1-4-16-32(17-5-1)49-52-50(33-18-6-2-7-19-33)54-51(53-49)41-31-35(30-40-37-23-12-15-27-45(37)57-48(40)41)55-43-26-14-11-24-39(43)46-44(55)29-28-38-36-22-10-13-25-42(36)56(47(38)46)34-20-8-3-9-21-34/h1-11,13-14,16-31H,12,15H2. The van der Waals surface area contributed by atoms with Crippen molar-refractivity contribution < 1.29 is 0 Å². The normalized spacial score (nSPS) is 12.7. The van der Waals surface area contributed by atoms with Crippen molar-refractivity contribution in [2.75, 3.05) is 0 Å². The second-order valence-corrected chi connectivity index (χ2v) is 15.7. The molecule has 0 spiro atoms. The average Bonchev–Trinajstić information content (AvgIpc) is 3.94. The molecule has 0 saturated carbocycles. The molecule has 6 heteroatoms. The molecule has 57 heavy (non-hydrogen) atoms. The average molecular weight is 748 g/mol. The highest BCUT2D eigenvalue weighted by molar-refractivity contribution is 7.17. The Bertz CT molecular complexity index is 3450. The Labute approximate surface area is 331 Å². The summed E-state index contributed by atoms with van der Waals surface area (Å²) in [5.41, 5.74) is 9.85. The zero-order chi connectivity index (χ0) is 37.5. The highest BCUT2D eigenvalue weighted by Crippen LogP contribution is 2.43. The van der Waals surface area contributed by atoms with Crippen LogP contribution in [-0.4, -0.2) is 24.1 Å². The van der Waals surface area contributed by atoms with Gasteiger partial charge < -0.3 is 9.13 Å². The lowest BCUT2D eigenvalue weighted by atomic mass is 10.1. The van der Waals surface area contributed by atoms with Crippen molar-refractivity contribution in [2.45, 2.75) is 12.8 Å². The van der Waals surface area contributed by atoms with Gasteiger partial charge >= 0.3 is 0 Å². The Balaban J connectivity index is 1.20. The van der Waals surface area contributed by atoms with E-state index < -0.39 is 0 Å². The number of thiophene rings is 1. The molecule has 0 radical (unpaired) electrons. The Morgan fingerprint density at radius 3 is 1.75 bits per heavy atom. The third kappa shape index (κ3) is 4.97. The first-order valence-electron chi connectivity index (χ1n) is 19.4. The Morgan fingerprint density at radius 1 is 0.439 bits per heavy atom. The molecule has 0 N–H and O–H groups in total. The summed E-state index contributed by atoms with van der Waals surface area (Å²) in [4.78, 5) is 15.6. The summed E-state index contributed by atoms with van der Waals surface area (Å²) >= 11 is 1.84.